The Balaban J connectivity index is 1.78. The van der Waals surface area contributed by atoms with Crippen molar-refractivity contribution in [2.24, 2.45) is 0 Å². The smallest absolute Gasteiger partial charge is 0.254 e. The summed E-state index contributed by atoms with van der Waals surface area (Å²) < 4.78 is 13.1. The van der Waals surface area contributed by atoms with Crippen LogP contribution in [-0.2, 0) is 18.6 Å². The summed E-state index contributed by atoms with van der Waals surface area (Å²) in [6, 6.07) is 6.46. The Morgan fingerprint density at radius 1 is 1.24 bits per heavy atom. The highest BCUT2D eigenvalue weighted by Gasteiger charge is 2.14. The Bertz CT molecular complexity index is 699. The molecule has 110 valence electrons. The van der Waals surface area contributed by atoms with Crippen LogP contribution in [0.3, 0.4) is 0 Å². The molecule has 2 aromatic rings. The number of hydrogen-bond donors (Lipinski definition) is 1. The zero-order chi connectivity index (χ0) is 14.7. The largest absolute Gasteiger partial charge is 0.310 e. The molecule has 0 unspecified atom stereocenters. The molecular weight excluding hydrogens is 287 g/mol. The molecule has 5 heteroatoms. The van der Waals surface area contributed by atoms with E-state index in [-0.39, 0.29) is 11.4 Å². The predicted octanol–water partition coefficient (Wildman–Crippen LogP) is 3.47. The van der Waals surface area contributed by atoms with Crippen molar-refractivity contribution >= 4 is 11.8 Å². The third kappa shape index (κ3) is 3.53. The molecule has 0 atom stereocenters. The zero-order valence-electron chi connectivity index (χ0n) is 11.7. The standard InChI is InChI=1S/C16H17FN2OS/c17-11-5-4-6-12(9-11)21-10-15-18-14-8-3-1-2-7-13(14)16(20)19-15/h4-6,9H,1-3,7-8,10H2,(H,18,19,20). The lowest BCUT2D eigenvalue weighted by molar-refractivity contribution is 0.624. The maximum Gasteiger partial charge on any atom is 0.254 e. The number of fused-ring (bicyclic) bond motifs is 1. The van der Waals surface area contributed by atoms with Gasteiger partial charge in [0, 0.05) is 10.5 Å². The van der Waals surface area contributed by atoms with Crippen LogP contribution in [0.15, 0.2) is 34.0 Å². The Hall–Kier alpha value is -1.62. The van der Waals surface area contributed by atoms with Crippen LogP contribution < -0.4 is 5.56 Å². The van der Waals surface area contributed by atoms with E-state index in [0.717, 1.165) is 48.3 Å². The van der Waals surface area contributed by atoms with Gasteiger partial charge < -0.3 is 4.98 Å². The second kappa shape index (κ2) is 6.43. The molecule has 0 bridgehead atoms. The van der Waals surface area contributed by atoms with Crippen molar-refractivity contribution in [3.05, 3.63) is 57.5 Å². The second-order valence-electron chi connectivity index (χ2n) is 5.24. The van der Waals surface area contributed by atoms with Gasteiger partial charge in [-0.05, 0) is 43.9 Å². The van der Waals surface area contributed by atoms with Gasteiger partial charge in [-0.1, -0.05) is 12.5 Å². The van der Waals surface area contributed by atoms with Crippen molar-refractivity contribution in [3.8, 4) is 0 Å². The summed E-state index contributed by atoms with van der Waals surface area (Å²) in [6.07, 6.45) is 5.03. The average Bonchev–Trinajstić information content (AvgIpc) is 2.71. The van der Waals surface area contributed by atoms with Crippen LogP contribution in [0.4, 0.5) is 4.39 Å². The van der Waals surface area contributed by atoms with Crippen molar-refractivity contribution in [2.45, 2.75) is 42.8 Å². The average molecular weight is 304 g/mol. The molecule has 0 saturated heterocycles. The first-order valence-electron chi connectivity index (χ1n) is 7.22. The van der Waals surface area contributed by atoms with E-state index in [1.807, 2.05) is 6.07 Å². The maximum atomic E-state index is 13.1. The quantitative estimate of drug-likeness (QED) is 0.697. The highest BCUT2D eigenvalue weighted by molar-refractivity contribution is 7.98. The molecule has 0 radical (unpaired) electrons. The molecule has 1 heterocycles. The van der Waals surface area contributed by atoms with Crippen LogP contribution in [0.2, 0.25) is 0 Å². The molecule has 1 aliphatic rings. The lowest BCUT2D eigenvalue weighted by Crippen LogP contribution is -2.19. The number of nitrogens with one attached hydrogen (secondary N) is 1. The fraction of sp³-hybridized carbons (Fsp3) is 0.375. The van der Waals surface area contributed by atoms with Crippen molar-refractivity contribution in [3.63, 3.8) is 0 Å². The molecule has 1 aromatic carbocycles. The summed E-state index contributed by atoms with van der Waals surface area (Å²) in [5.41, 5.74) is 1.80. The van der Waals surface area contributed by atoms with Crippen LogP contribution in [0, 0.1) is 5.82 Å². The van der Waals surface area contributed by atoms with Crippen LogP contribution >= 0.6 is 11.8 Å². The number of aromatic nitrogens is 2. The number of halogens is 1. The molecule has 21 heavy (non-hydrogen) atoms. The van der Waals surface area contributed by atoms with Crippen LogP contribution in [0.25, 0.3) is 0 Å². The normalized spacial score (nSPS) is 14.5. The first kappa shape index (κ1) is 14.3. The van der Waals surface area contributed by atoms with Crippen molar-refractivity contribution in [2.75, 3.05) is 0 Å². The van der Waals surface area contributed by atoms with Crippen LogP contribution in [0.5, 0.6) is 0 Å². The summed E-state index contributed by atoms with van der Waals surface area (Å²) in [5.74, 6) is 0.977. The first-order valence-corrected chi connectivity index (χ1v) is 8.20. The number of rotatable bonds is 3. The number of H-pyrrole nitrogens is 1. The van der Waals surface area contributed by atoms with E-state index in [1.165, 1.54) is 23.9 Å². The fourth-order valence-corrected chi connectivity index (χ4v) is 3.42. The maximum absolute atomic E-state index is 13.1. The first-order chi connectivity index (χ1) is 10.2. The predicted molar refractivity (Wildman–Crippen MR) is 82.1 cm³/mol. The van der Waals surface area contributed by atoms with Crippen molar-refractivity contribution in [1.82, 2.24) is 9.97 Å². The molecule has 1 aromatic heterocycles. The molecule has 3 nitrogen and oxygen atoms in total. The van der Waals surface area contributed by atoms with Crippen LogP contribution in [-0.4, -0.2) is 9.97 Å². The van der Waals surface area contributed by atoms with Gasteiger partial charge in [0.1, 0.15) is 11.6 Å². The fourth-order valence-electron chi connectivity index (χ4n) is 2.61. The monoisotopic (exact) mass is 304 g/mol. The number of aryl methyl sites for hydroxylation is 1. The molecular formula is C16H17FN2OS. The number of nitrogens with zero attached hydrogens (tertiary/aromatic N) is 1. The Kier molecular flexibility index (Phi) is 4.39. The van der Waals surface area contributed by atoms with E-state index in [4.69, 9.17) is 0 Å². The molecule has 1 N–H and O–H groups in total. The van der Waals surface area contributed by atoms with Gasteiger partial charge in [-0.3, -0.25) is 4.79 Å². The van der Waals surface area contributed by atoms with E-state index in [0.29, 0.717) is 11.6 Å². The third-order valence-corrected chi connectivity index (χ3v) is 4.67. The topological polar surface area (TPSA) is 45.8 Å². The van der Waals surface area contributed by atoms with Crippen LogP contribution in [0.1, 0.15) is 36.3 Å². The molecule has 0 fully saturated rings. The Morgan fingerprint density at radius 2 is 2.10 bits per heavy atom. The SMILES string of the molecule is O=c1[nH]c(CSc2cccc(F)c2)nc2c1CCCCC2. The minimum absolute atomic E-state index is 0.00302. The minimum Gasteiger partial charge on any atom is -0.310 e. The summed E-state index contributed by atoms with van der Waals surface area (Å²) in [4.78, 5) is 20.4. The zero-order valence-corrected chi connectivity index (χ0v) is 12.5. The van der Waals surface area contributed by atoms with E-state index in [2.05, 4.69) is 9.97 Å². The van der Waals surface area contributed by atoms with E-state index < -0.39 is 0 Å². The third-order valence-electron chi connectivity index (χ3n) is 3.66. The van der Waals surface area contributed by atoms with Gasteiger partial charge in [0.05, 0.1) is 11.4 Å². The van der Waals surface area contributed by atoms with Gasteiger partial charge in [-0.15, -0.1) is 11.8 Å². The Morgan fingerprint density at radius 3 is 2.95 bits per heavy atom. The number of benzene rings is 1. The summed E-state index contributed by atoms with van der Waals surface area (Å²) in [7, 11) is 0. The highest BCUT2D eigenvalue weighted by Crippen LogP contribution is 2.22. The van der Waals surface area contributed by atoms with Gasteiger partial charge in [-0.25, -0.2) is 9.37 Å². The van der Waals surface area contributed by atoms with E-state index >= 15 is 0 Å². The molecule has 0 aliphatic heterocycles. The van der Waals surface area contributed by atoms with Gasteiger partial charge in [0.15, 0.2) is 0 Å². The number of hydrogen-bond acceptors (Lipinski definition) is 3. The molecule has 3 rings (SSSR count). The van der Waals surface area contributed by atoms with Crippen molar-refractivity contribution in [1.29, 1.82) is 0 Å². The molecule has 1 aliphatic carbocycles. The summed E-state index contributed by atoms with van der Waals surface area (Å²) in [5, 5.41) is 0. The number of thioether (sulfide) groups is 1. The minimum atomic E-state index is -0.247. The van der Waals surface area contributed by atoms with Gasteiger partial charge in [0.2, 0.25) is 0 Å². The van der Waals surface area contributed by atoms with Gasteiger partial charge >= 0.3 is 0 Å². The molecule has 0 saturated carbocycles. The molecule has 0 amide bonds. The lowest BCUT2D eigenvalue weighted by atomic mass is 10.1. The molecule has 0 spiro atoms. The second-order valence-corrected chi connectivity index (χ2v) is 6.29. The highest BCUT2D eigenvalue weighted by atomic mass is 32.2. The summed E-state index contributed by atoms with van der Waals surface area (Å²) >= 11 is 1.48. The van der Waals surface area contributed by atoms with E-state index in [1.54, 1.807) is 6.07 Å². The number of aromatic amines is 1. The van der Waals surface area contributed by atoms with E-state index in [9.17, 15) is 9.18 Å². The van der Waals surface area contributed by atoms with Gasteiger partial charge in [-0.2, -0.15) is 0 Å². The Labute approximate surface area is 127 Å². The van der Waals surface area contributed by atoms with Gasteiger partial charge in [0.25, 0.3) is 5.56 Å². The van der Waals surface area contributed by atoms with Crippen molar-refractivity contribution < 1.29 is 4.39 Å². The lowest BCUT2D eigenvalue weighted by Gasteiger charge is -2.07. The summed E-state index contributed by atoms with van der Waals surface area (Å²) in [6.45, 7) is 0.